The lowest BCUT2D eigenvalue weighted by atomic mass is 10.2. The van der Waals surface area contributed by atoms with Gasteiger partial charge < -0.3 is 14.4 Å². The summed E-state index contributed by atoms with van der Waals surface area (Å²) in [5.74, 6) is 3.20. The molecule has 0 spiro atoms. The van der Waals surface area contributed by atoms with Crippen molar-refractivity contribution in [3.63, 3.8) is 0 Å². The third kappa shape index (κ3) is 6.19. The topological polar surface area (TPSA) is 38.8 Å². The summed E-state index contributed by atoms with van der Waals surface area (Å²) in [5.41, 5.74) is 2.45. The Morgan fingerprint density at radius 3 is 2.50 bits per heavy atom. The van der Waals surface area contributed by atoms with Gasteiger partial charge in [0.1, 0.15) is 5.75 Å². The molecule has 2 aliphatic heterocycles. The van der Waals surface area contributed by atoms with Gasteiger partial charge in [-0.05, 0) is 54.0 Å². The molecule has 2 heterocycles. The highest BCUT2D eigenvalue weighted by atomic mass is 32.2. The van der Waals surface area contributed by atoms with Gasteiger partial charge in [-0.2, -0.15) is 0 Å². The van der Waals surface area contributed by atoms with E-state index in [0.29, 0.717) is 17.7 Å². The summed E-state index contributed by atoms with van der Waals surface area (Å²) < 4.78 is 12.1. The van der Waals surface area contributed by atoms with Crippen molar-refractivity contribution in [1.82, 2.24) is 4.90 Å². The zero-order valence-electron chi connectivity index (χ0n) is 17.2. The van der Waals surface area contributed by atoms with Crippen molar-refractivity contribution in [2.24, 2.45) is 0 Å². The highest BCUT2D eigenvalue weighted by Crippen LogP contribution is 2.43. The van der Waals surface area contributed by atoms with Crippen LogP contribution < -0.4 is 4.74 Å². The molecule has 2 aliphatic rings. The molecule has 0 radical (unpaired) electrons. The highest BCUT2D eigenvalue weighted by Gasteiger charge is 2.23. The Bertz CT molecular complexity index is 788. The Kier molecular flexibility index (Phi) is 8.01. The van der Waals surface area contributed by atoms with Crippen LogP contribution in [0.3, 0.4) is 0 Å². The van der Waals surface area contributed by atoms with Crippen LogP contribution in [0.1, 0.15) is 35.0 Å². The van der Waals surface area contributed by atoms with Crippen molar-refractivity contribution in [2.45, 2.75) is 36.5 Å². The molecule has 0 aromatic heterocycles. The summed E-state index contributed by atoms with van der Waals surface area (Å²) in [4.78, 5) is 14.8. The van der Waals surface area contributed by atoms with Crippen LogP contribution in [0.15, 0.2) is 54.6 Å². The normalized spacial score (nSPS) is 19.5. The van der Waals surface area contributed by atoms with Gasteiger partial charge in [0.25, 0.3) is 5.91 Å². The Balaban J connectivity index is 1.34. The molecule has 1 amide bonds. The van der Waals surface area contributed by atoms with Crippen LogP contribution in [-0.2, 0) is 16.1 Å². The molecule has 4 nitrogen and oxygen atoms in total. The molecule has 0 N–H and O–H groups in total. The number of amides is 1. The first-order chi connectivity index (χ1) is 14.8. The minimum absolute atomic E-state index is 0.00294. The number of carbonyl (C=O) groups is 1. The van der Waals surface area contributed by atoms with Crippen molar-refractivity contribution < 1.29 is 14.3 Å². The van der Waals surface area contributed by atoms with Crippen LogP contribution in [0.4, 0.5) is 0 Å². The molecule has 0 saturated carbocycles. The number of benzene rings is 2. The van der Waals surface area contributed by atoms with Crippen LogP contribution in [-0.4, -0.2) is 48.2 Å². The van der Waals surface area contributed by atoms with E-state index in [1.807, 2.05) is 58.8 Å². The summed E-state index contributed by atoms with van der Waals surface area (Å²) in [7, 11) is 0. The Morgan fingerprint density at radius 2 is 1.80 bits per heavy atom. The summed E-state index contributed by atoms with van der Waals surface area (Å²) >= 11 is 4.02. The number of rotatable bonds is 8. The molecule has 2 aromatic carbocycles. The van der Waals surface area contributed by atoms with Crippen molar-refractivity contribution in [3.05, 3.63) is 65.7 Å². The lowest BCUT2D eigenvalue weighted by Crippen LogP contribution is -2.39. The number of nitrogens with zero attached hydrogens (tertiary/aromatic N) is 1. The summed E-state index contributed by atoms with van der Waals surface area (Å²) in [6.07, 6.45) is 3.50. The predicted molar refractivity (Wildman–Crippen MR) is 125 cm³/mol. The van der Waals surface area contributed by atoms with E-state index in [4.69, 9.17) is 9.47 Å². The lowest BCUT2D eigenvalue weighted by Gasteiger charge is -2.26. The number of ether oxygens (including phenoxy) is 2. The first kappa shape index (κ1) is 21.6. The van der Waals surface area contributed by atoms with E-state index in [1.165, 1.54) is 23.5 Å². The molecule has 160 valence electrons. The number of thioether (sulfide) groups is 2. The van der Waals surface area contributed by atoms with E-state index in [2.05, 4.69) is 24.3 Å². The molecule has 0 bridgehead atoms. The highest BCUT2D eigenvalue weighted by molar-refractivity contribution is 8.16. The molecule has 1 atom stereocenters. The second-order valence-electron chi connectivity index (χ2n) is 7.68. The SMILES string of the molecule is O=C(COc1ccc(C2SCCCS2)cc1)N(Cc1ccccc1)CC1CCCO1. The van der Waals surface area contributed by atoms with E-state index in [9.17, 15) is 4.79 Å². The summed E-state index contributed by atoms with van der Waals surface area (Å²) in [5, 5.41) is 0. The summed E-state index contributed by atoms with van der Waals surface area (Å²) in [6.45, 7) is 2.04. The standard InChI is InChI=1S/C24H29NO3S2/c26-23(18-28-21-11-9-20(10-12-21)24-29-14-5-15-30-24)25(17-22-8-4-13-27-22)16-19-6-2-1-3-7-19/h1-3,6-7,9-12,22,24H,4-5,8,13-18H2. The van der Waals surface area contributed by atoms with Crippen molar-refractivity contribution in [3.8, 4) is 5.75 Å². The maximum atomic E-state index is 13.0. The fourth-order valence-corrected chi connectivity index (χ4v) is 6.62. The Labute approximate surface area is 187 Å². The lowest BCUT2D eigenvalue weighted by molar-refractivity contribution is -0.135. The van der Waals surface area contributed by atoms with Crippen LogP contribution in [0.25, 0.3) is 0 Å². The van der Waals surface area contributed by atoms with Crippen molar-refractivity contribution in [1.29, 1.82) is 0 Å². The van der Waals surface area contributed by atoms with Crippen molar-refractivity contribution in [2.75, 3.05) is 31.3 Å². The van der Waals surface area contributed by atoms with Crippen LogP contribution in [0.5, 0.6) is 5.75 Å². The molecule has 6 heteroatoms. The maximum absolute atomic E-state index is 13.0. The largest absolute Gasteiger partial charge is 0.484 e. The molecule has 4 rings (SSSR count). The fraction of sp³-hybridized carbons (Fsp3) is 0.458. The molecule has 2 saturated heterocycles. The third-order valence-electron chi connectivity index (χ3n) is 5.36. The molecule has 2 fully saturated rings. The molecule has 1 unspecified atom stereocenters. The minimum atomic E-state index is -0.00294. The van der Waals surface area contributed by atoms with Gasteiger partial charge in [0.15, 0.2) is 6.61 Å². The Hall–Kier alpha value is -1.63. The second kappa shape index (κ2) is 11.1. The van der Waals surface area contributed by atoms with Gasteiger partial charge in [-0.1, -0.05) is 42.5 Å². The van der Waals surface area contributed by atoms with Gasteiger partial charge in [0.2, 0.25) is 0 Å². The smallest absolute Gasteiger partial charge is 0.260 e. The van der Waals surface area contributed by atoms with Gasteiger partial charge in [0.05, 0.1) is 10.7 Å². The maximum Gasteiger partial charge on any atom is 0.260 e. The second-order valence-corrected chi connectivity index (χ2v) is 10.4. The summed E-state index contributed by atoms with van der Waals surface area (Å²) in [6, 6.07) is 18.3. The van der Waals surface area contributed by atoms with Gasteiger partial charge in [0, 0.05) is 19.7 Å². The van der Waals surface area contributed by atoms with Crippen LogP contribution in [0, 0.1) is 0 Å². The van der Waals surface area contributed by atoms with E-state index in [1.54, 1.807) is 0 Å². The average molecular weight is 444 g/mol. The van der Waals surface area contributed by atoms with Crippen LogP contribution >= 0.6 is 23.5 Å². The van der Waals surface area contributed by atoms with Gasteiger partial charge in [-0.15, -0.1) is 23.5 Å². The molecular formula is C24H29NO3S2. The molecular weight excluding hydrogens is 414 g/mol. The van der Waals surface area contributed by atoms with Gasteiger partial charge in [-0.3, -0.25) is 4.79 Å². The Morgan fingerprint density at radius 1 is 1.03 bits per heavy atom. The third-order valence-corrected chi connectivity index (χ3v) is 8.37. The van der Waals surface area contributed by atoms with Gasteiger partial charge in [-0.25, -0.2) is 0 Å². The first-order valence-corrected chi connectivity index (χ1v) is 12.8. The minimum Gasteiger partial charge on any atom is -0.484 e. The predicted octanol–water partition coefficient (Wildman–Crippen LogP) is 5.14. The van der Waals surface area contributed by atoms with E-state index in [0.717, 1.165) is 30.8 Å². The number of hydrogen-bond acceptors (Lipinski definition) is 5. The van der Waals surface area contributed by atoms with Crippen LogP contribution in [0.2, 0.25) is 0 Å². The first-order valence-electron chi connectivity index (χ1n) is 10.7. The van der Waals surface area contributed by atoms with Gasteiger partial charge >= 0.3 is 0 Å². The number of carbonyl (C=O) groups excluding carboxylic acids is 1. The zero-order valence-corrected chi connectivity index (χ0v) is 18.8. The number of hydrogen-bond donors (Lipinski definition) is 0. The molecule has 2 aromatic rings. The quantitative estimate of drug-likeness (QED) is 0.565. The average Bonchev–Trinajstić information content (AvgIpc) is 3.32. The van der Waals surface area contributed by atoms with E-state index < -0.39 is 0 Å². The van der Waals surface area contributed by atoms with E-state index >= 15 is 0 Å². The zero-order chi connectivity index (χ0) is 20.6. The monoisotopic (exact) mass is 443 g/mol. The van der Waals surface area contributed by atoms with E-state index in [-0.39, 0.29) is 18.6 Å². The molecule has 0 aliphatic carbocycles. The van der Waals surface area contributed by atoms with Crippen molar-refractivity contribution >= 4 is 29.4 Å². The fourth-order valence-electron chi connectivity index (χ4n) is 3.73. The molecule has 30 heavy (non-hydrogen) atoms.